The van der Waals surface area contributed by atoms with Crippen LogP contribution in [-0.4, -0.2) is 23.9 Å². The minimum Gasteiger partial charge on any atom is -0.459 e. The molecule has 0 aromatic rings. The molecule has 0 unspecified atom stereocenters. The molecule has 102 valence electrons. The predicted octanol–water partition coefficient (Wildman–Crippen LogP) is 3.46. The van der Waals surface area contributed by atoms with Crippen LogP contribution in [0.2, 0.25) is 0 Å². The Morgan fingerprint density at radius 2 is 1.41 bits per heavy atom. The quantitative estimate of drug-likeness (QED) is 0.577. The molecule has 0 amide bonds. The van der Waals surface area contributed by atoms with Gasteiger partial charge in [0.15, 0.2) is 0 Å². The third-order valence-electron chi connectivity index (χ3n) is 2.12. The Kier molecular flexibility index (Phi) is 4.47. The normalized spacial score (nSPS) is 14.0. The lowest BCUT2D eigenvalue weighted by Crippen LogP contribution is -2.45. The highest BCUT2D eigenvalue weighted by molar-refractivity contribution is 5.74. The first kappa shape index (κ1) is 16.1. The van der Waals surface area contributed by atoms with Crippen molar-refractivity contribution in [2.24, 2.45) is 5.92 Å². The maximum atomic E-state index is 12.1. The third-order valence-corrected chi connectivity index (χ3v) is 2.12. The van der Waals surface area contributed by atoms with Gasteiger partial charge in [0.2, 0.25) is 5.92 Å². The highest BCUT2D eigenvalue weighted by Crippen LogP contribution is 2.40. The summed E-state index contributed by atoms with van der Waals surface area (Å²) in [7, 11) is 0. The molecule has 8 heteroatoms. The van der Waals surface area contributed by atoms with Crippen LogP contribution in [0.15, 0.2) is 0 Å². The SMILES string of the molecule is CCC(C)(C)OC(=O)C(C(F)(F)F)C(F)(F)F. The van der Waals surface area contributed by atoms with E-state index in [9.17, 15) is 31.1 Å². The molecule has 0 N–H and O–H groups in total. The second-order valence-corrected chi connectivity index (χ2v) is 4.05. The van der Waals surface area contributed by atoms with E-state index in [2.05, 4.69) is 4.74 Å². The number of alkyl halides is 6. The standard InChI is InChI=1S/C9H12F6O2/c1-4-7(2,3)17-6(16)5(8(10,11)12)9(13,14)15/h5H,4H2,1-3H3. The zero-order chi connectivity index (χ0) is 14.1. The number of carbonyl (C=O) groups excluding carboxylic acids is 1. The van der Waals surface area contributed by atoms with E-state index in [1.54, 1.807) is 0 Å². The molecule has 0 fully saturated rings. The summed E-state index contributed by atoms with van der Waals surface area (Å²) in [4.78, 5) is 10.9. The summed E-state index contributed by atoms with van der Waals surface area (Å²) in [5.41, 5.74) is -1.37. The average Bonchev–Trinajstić information content (AvgIpc) is 1.96. The van der Waals surface area contributed by atoms with Crippen LogP contribution in [-0.2, 0) is 9.53 Å². The van der Waals surface area contributed by atoms with E-state index in [4.69, 9.17) is 0 Å². The summed E-state index contributed by atoms with van der Waals surface area (Å²) in [6, 6.07) is 0. The molecule has 0 atom stereocenters. The molecule has 0 aromatic heterocycles. The first-order valence-corrected chi connectivity index (χ1v) is 4.67. The topological polar surface area (TPSA) is 26.3 Å². The Balaban J connectivity index is 5.06. The lowest BCUT2D eigenvalue weighted by Gasteiger charge is -2.28. The fourth-order valence-corrected chi connectivity index (χ4v) is 0.856. The minimum absolute atomic E-state index is 0.0984. The summed E-state index contributed by atoms with van der Waals surface area (Å²) in [5.74, 6) is -6.42. The van der Waals surface area contributed by atoms with Crippen LogP contribution in [0.3, 0.4) is 0 Å². The summed E-state index contributed by atoms with van der Waals surface area (Å²) in [6.45, 7) is 3.94. The fourth-order valence-electron chi connectivity index (χ4n) is 0.856. The predicted molar refractivity (Wildman–Crippen MR) is 46.1 cm³/mol. The molecule has 0 aromatic carbocycles. The molecule has 0 rings (SSSR count). The molecule has 0 spiro atoms. The van der Waals surface area contributed by atoms with E-state index in [1.807, 2.05) is 0 Å². The van der Waals surface area contributed by atoms with Gasteiger partial charge in [0.1, 0.15) is 5.60 Å². The van der Waals surface area contributed by atoms with Gasteiger partial charge in [-0.1, -0.05) is 6.92 Å². The average molecular weight is 266 g/mol. The molecule has 2 nitrogen and oxygen atoms in total. The molecule has 0 bridgehead atoms. The van der Waals surface area contributed by atoms with Crippen LogP contribution in [0, 0.1) is 5.92 Å². The van der Waals surface area contributed by atoms with Gasteiger partial charge >= 0.3 is 18.3 Å². The molecule has 0 heterocycles. The first-order chi connectivity index (χ1) is 7.31. The van der Waals surface area contributed by atoms with Gasteiger partial charge in [-0.05, 0) is 20.3 Å². The lowest BCUT2D eigenvalue weighted by molar-refractivity contribution is -0.284. The number of halogens is 6. The molecule has 0 radical (unpaired) electrons. The molecular weight excluding hydrogens is 254 g/mol. The Morgan fingerprint density at radius 1 is 1.06 bits per heavy atom. The number of ether oxygens (including phenoxy) is 1. The van der Waals surface area contributed by atoms with Crippen molar-refractivity contribution in [1.29, 1.82) is 0 Å². The van der Waals surface area contributed by atoms with Crippen LogP contribution < -0.4 is 0 Å². The largest absolute Gasteiger partial charge is 0.459 e. The van der Waals surface area contributed by atoms with Crippen LogP contribution in [0.25, 0.3) is 0 Å². The van der Waals surface area contributed by atoms with Crippen molar-refractivity contribution in [3.05, 3.63) is 0 Å². The Hall–Kier alpha value is -0.950. The van der Waals surface area contributed by atoms with E-state index < -0.39 is 29.8 Å². The van der Waals surface area contributed by atoms with Gasteiger partial charge in [-0.3, -0.25) is 4.79 Å². The number of rotatable bonds is 3. The molecule has 0 saturated heterocycles. The summed E-state index contributed by atoms with van der Waals surface area (Å²) in [5, 5.41) is 0. The lowest BCUT2D eigenvalue weighted by atomic mass is 10.1. The van der Waals surface area contributed by atoms with Crippen LogP contribution in [0.4, 0.5) is 26.3 Å². The highest BCUT2D eigenvalue weighted by Gasteiger charge is 2.62. The highest BCUT2D eigenvalue weighted by atomic mass is 19.4. The van der Waals surface area contributed by atoms with E-state index in [0.717, 1.165) is 0 Å². The fraction of sp³-hybridized carbons (Fsp3) is 0.889. The van der Waals surface area contributed by atoms with Crippen molar-refractivity contribution in [2.45, 2.75) is 45.1 Å². The Labute approximate surface area is 93.9 Å². The van der Waals surface area contributed by atoms with Gasteiger partial charge < -0.3 is 4.74 Å². The molecule has 0 aliphatic rings. The van der Waals surface area contributed by atoms with Crippen molar-refractivity contribution in [3.8, 4) is 0 Å². The summed E-state index contributed by atoms with van der Waals surface area (Å²) in [6.07, 6.45) is -11.3. The molecule has 0 saturated carbocycles. The van der Waals surface area contributed by atoms with E-state index in [1.165, 1.54) is 20.8 Å². The number of hydrogen-bond donors (Lipinski definition) is 0. The second kappa shape index (κ2) is 4.73. The first-order valence-electron chi connectivity index (χ1n) is 4.67. The Bertz CT molecular complexity index is 264. The van der Waals surface area contributed by atoms with Crippen LogP contribution >= 0.6 is 0 Å². The molecular formula is C9H12F6O2. The maximum absolute atomic E-state index is 12.1. The monoisotopic (exact) mass is 266 g/mol. The van der Waals surface area contributed by atoms with E-state index >= 15 is 0 Å². The van der Waals surface area contributed by atoms with Gasteiger partial charge in [-0.25, -0.2) is 0 Å². The third kappa shape index (κ3) is 4.82. The smallest absolute Gasteiger partial charge is 0.411 e. The number of esters is 1. The summed E-state index contributed by atoms with van der Waals surface area (Å²) >= 11 is 0. The van der Waals surface area contributed by atoms with Gasteiger partial charge in [0, 0.05) is 0 Å². The summed E-state index contributed by atoms with van der Waals surface area (Å²) < 4.78 is 77.0. The molecule has 17 heavy (non-hydrogen) atoms. The van der Waals surface area contributed by atoms with Crippen molar-refractivity contribution in [3.63, 3.8) is 0 Å². The van der Waals surface area contributed by atoms with Crippen molar-refractivity contribution >= 4 is 5.97 Å². The van der Waals surface area contributed by atoms with Crippen molar-refractivity contribution in [1.82, 2.24) is 0 Å². The van der Waals surface area contributed by atoms with Crippen LogP contribution in [0.1, 0.15) is 27.2 Å². The molecule has 0 aliphatic carbocycles. The zero-order valence-electron chi connectivity index (χ0n) is 9.37. The van der Waals surface area contributed by atoms with Crippen molar-refractivity contribution in [2.75, 3.05) is 0 Å². The molecule has 0 aliphatic heterocycles. The Morgan fingerprint density at radius 3 is 1.65 bits per heavy atom. The maximum Gasteiger partial charge on any atom is 0.411 e. The zero-order valence-corrected chi connectivity index (χ0v) is 9.37. The minimum atomic E-state index is -5.71. The van der Waals surface area contributed by atoms with Gasteiger partial charge in [0.05, 0.1) is 0 Å². The number of hydrogen-bond acceptors (Lipinski definition) is 2. The van der Waals surface area contributed by atoms with Gasteiger partial charge in [0.25, 0.3) is 0 Å². The number of carbonyl (C=O) groups is 1. The van der Waals surface area contributed by atoms with Gasteiger partial charge in [-0.2, -0.15) is 26.3 Å². The van der Waals surface area contributed by atoms with Crippen molar-refractivity contribution < 1.29 is 35.9 Å². The van der Waals surface area contributed by atoms with E-state index in [-0.39, 0.29) is 6.42 Å². The van der Waals surface area contributed by atoms with Crippen LogP contribution in [0.5, 0.6) is 0 Å². The second-order valence-electron chi connectivity index (χ2n) is 4.05. The van der Waals surface area contributed by atoms with Gasteiger partial charge in [-0.15, -0.1) is 0 Å². The van der Waals surface area contributed by atoms with E-state index in [0.29, 0.717) is 0 Å².